The van der Waals surface area contributed by atoms with Crippen molar-refractivity contribution in [1.29, 1.82) is 0 Å². The van der Waals surface area contributed by atoms with Crippen molar-refractivity contribution in [2.24, 2.45) is 0 Å². The Hall–Kier alpha value is -2.68. The standard InChI is InChI=1S/C19H23N3O5S/c1-3-21(17-9-11-28(25,26)13-17)18(23)12-27-19(24)15-4-6-16(7-5-15)22-14(2)8-10-20-22/h4-8,10,17H,3,9,11-13H2,1-2H3/t17-/m1/s1. The second-order valence-corrected chi connectivity index (χ2v) is 8.97. The Labute approximate surface area is 164 Å². The van der Waals surface area contributed by atoms with Gasteiger partial charge in [-0.25, -0.2) is 17.9 Å². The maximum Gasteiger partial charge on any atom is 0.338 e. The molecule has 1 aromatic heterocycles. The van der Waals surface area contributed by atoms with Gasteiger partial charge in [0.05, 0.1) is 22.8 Å². The number of hydrogen-bond acceptors (Lipinski definition) is 6. The van der Waals surface area contributed by atoms with E-state index < -0.39 is 22.4 Å². The Bertz CT molecular complexity index is 966. The quantitative estimate of drug-likeness (QED) is 0.673. The molecule has 9 heteroatoms. The third-order valence-corrected chi connectivity index (χ3v) is 6.57. The molecular formula is C19H23N3O5S. The van der Waals surface area contributed by atoms with Gasteiger partial charge in [-0.2, -0.15) is 5.10 Å². The van der Waals surface area contributed by atoms with Crippen molar-refractivity contribution >= 4 is 21.7 Å². The lowest BCUT2D eigenvalue weighted by Crippen LogP contribution is -2.43. The smallest absolute Gasteiger partial charge is 0.338 e. The lowest BCUT2D eigenvalue weighted by atomic mass is 10.2. The molecule has 3 rings (SSSR count). The van der Waals surface area contributed by atoms with Crippen LogP contribution in [0.25, 0.3) is 5.69 Å². The number of hydrogen-bond donors (Lipinski definition) is 0. The second-order valence-electron chi connectivity index (χ2n) is 6.74. The molecule has 1 aromatic carbocycles. The lowest BCUT2D eigenvalue weighted by molar-refractivity contribution is -0.136. The van der Waals surface area contributed by atoms with Crippen molar-refractivity contribution in [3.8, 4) is 5.69 Å². The van der Waals surface area contributed by atoms with Crippen LogP contribution in [0.1, 0.15) is 29.4 Å². The number of ether oxygens (including phenoxy) is 1. The summed E-state index contributed by atoms with van der Waals surface area (Å²) < 4.78 is 30.2. The summed E-state index contributed by atoms with van der Waals surface area (Å²) >= 11 is 0. The van der Waals surface area contributed by atoms with Crippen molar-refractivity contribution in [1.82, 2.24) is 14.7 Å². The van der Waals surface area contributed by atoms with Crippen LogP contribution < -0.4 is 0 Å². The van der Waals surface area contributed by atoms with E-state index in [4.69, 9.17) is 4.74 Å². The number of nitrogens with zero attached hydrogens (tertiary/aromatic N) is 3. The molecular weight excluding hydrogens is 382 g/mol. The third kappa shape index (κ3) is 4.41. The molecule has 0 bridgehead atoms. The van der Waals surface area contributed by atoms with Gasteiger partial charge in [0.25, 0.3) is 5.91 Å². The van der Waals surface area contributed by atoms with E-state index in [0.29, 0.717) is 18.5 Å². The number of sulfone groups is 1. The van der Waals surface area contributed by atoms with Gasteiger partial charge in [0.1, 0.15) is 0 Å². The van der Waals surface area contributed by atoms with E-state index >= 15 is 0 Å². The minimum absolute atomic E-state index is 0.0329. The molecule has 0 saturated carbocycles. The van der Waals surface area contributed by atoms with E-state index in [1.165, 1.54) is 4.90 Å². The SMILES string of the molecule is CCN(C(=O)COC(=O)c1ccc(-n2nccc2C)cc1)[C@@H]1CCS(=O)(=O)C1. The van der Waals surface area contributed by atoms with E-state index in [1.807, 2.05) is 13.0 Å². The predicted octanol–water partition coefficient (Wildman–Crippen LogP) is 1.37. The van der Waals surface area contributed by atoms with Crippen molar-refractivity contribution in [3.05, 3.63) is 47.8 Å². The molecule has 1 saturated heterocycles. The van der Waals surface area contributed by atoms with Crippen LogP contribution in [-0.4, -0.2) is 65.7 Å². The zero-order chi connectivity index (χ0) is 20.3. The molecule has 1 aliphatic heterocycles. The first kappa shape index (κ1) is 20.1. The van der Waals surface area contributed by atoms with E-state index in [-0.39, 0.29) is 23.5 Å². The first-order chi connectivity index (χ1) is 13.3. The van der Waals surface area contributed by atoms with Crippen molar-refractivity contribution < 1.29 is 22.7 Å². The number of aryl methyl sites for hydroxylation is 1. The zero-order valence-electron chi connectivity index (χ0n) is 15.9. The first-order valence-corrected chi connectivity index (χ1v) is 10.9. The fraction of sp³-hybridized carbons (Fsp3) is 0.421. The molecule has 2 aromatic rings. The normalized spacial score (nSPS) is 18.0. The van der Waals surface area contributed by atoms with Crippen LogP contribution in [0.4, 0.5) is 0 Å². The monoisotopic (exact) mass is 405 g/mol. The highest BCUT2D eigenvalue weighted by Crippen LogP contribution is 2.18. The summed E-state index contributed by atoms with van der Waals surface area (Å²) in [5, 5.41) is 4.20. The van der Waals surface area contributed by atoms with Gasteiger partial charge in [-0.05, 0) is 50.6 Å². The minimum Gasteiger partial charge on any atom is -0.452 e. The summed E-state index contributed by atoms with van der Waals surface area (Å²) in [5.74, 6) is -0.938. The number of likely N-dealkylation sites (N-methyl/N-ethyl adjacent to an activating group) is 1. The third-order valence-electron chi connectivity index (χ3n) is 4.82. The van der Waals surface area contributed by atoms with Gasteiger partial charge in [-0.1, -0.05) is 0 Å². The van der Waals surface area contributed by atoms with E-state index in [9.17, 15) is 18.0 Å². The summed E-state index contributed by atoms with van der Waals surface area (Å²) in [4.78, 5) is 26.1. The maximum absolute atomic E-state index is 12.4. The molecule has 0 N–H and O–H groups in total. The molecule has 150 valence electrons. The number of rotatable bonds is 6. The van der Waals surface area contributed by atoms with Crippen molar-refractivity contribution in [2.75, 3.05) is 24.7 Å². The van der Waals surface area contributed by atoms with E-state index in [2.05, 4.69) is 5.10 Å². The Morgan fingerprint density at radius 2 is 1.96 bits per heavy atom. The van der Waals surface area contributed by atoms with Gasteiger partial charge in [0.2, 0.25) is 0 Å². The van der Waals surface area contributed by atoms with Crippen LogP contribution >= 0.6 is 0 Å². The number of benzene rings is 1. The number of carbonyl (C=O) groups is 2. The Balaban J connectivity index is 1.58. The molecule has 0 radical (unpaired) electrons. The molecule has 0 spiro atoms. The summed E-state index contributed by atoms with van der Waals surface area (Å²) in [6.07, 6.45) is 2.11. The highest BCUT2D eigenvalue weighted by atomic mass is 32.2. The fourth-order valence-corrected chi connectivity index (χ4v) is 5.06. The largest absolute Gasteiger partial charge is 0.452 e. The summed E-state index contributed by atoms with van der Waals surface area (Å²) in [5.41, 5.74) is 2.11. The second kappa shape index (κ2) is 8.14. The first-order valence-electron chi connectivity index (χ1n) is 9.09. The zero-order valence-corrected chi connectivity index (χ0v) is 16.7. The van der Waals surface area contributed by atoms with Crippen LogP contribution in [0.3, 0.4) is 0 Å². The van der Waals surface area contributed by atoms with E-state index in [0.717, 1.165) is 11.4 Å². The molecule has 1 amide bonds. The average Bonchev–Trinajstić information content (AvgIpc) is 3.25. The number of carbonyl (C=O) groups excluding carboxylic acids is 2. The van der Waals surface area contributed by atoms with Crippen LogP contribution in [0.15, 0.2) is 36.5 Å². The molecule has 8 nitrogen and oxygen atoms in total. The van der Waals surface area contributed by atoms with Crippen molar-refractivity contribution in [3.63, 3.8) is 0 Å². The lowest BCUT2D eigenvalue weighted by Gasteiger charge is -2.26. The molecule has 0 aliphatic carbocycles. The van der Waals surface area contributed by atoms with Gasteiger partial charge in [-0.15, -0.1) is 0 Å². The number of aromatic nitrogens is 2. The summed E-state index contributed by atoms with van der Waals surface area (Å²) in [6.45, 7) is 3.66. The molecule has 1 atom stereocenters. The average molecular weight is 405 g/mol. The fourth-order valence-electron chi connectivity index (χ4n) is 3.33. The van der Waals surface area contributed by atoms with Crippen molar-refractivity contribution in [2.45, 2.75) is 26.3 Å². The molecule has 1 aliphatic rings. The Morgan fingerprint density at radius 3 is 2.50 bits per heavy atom. The Morgan fingerprint density at radius 1 is 1.25 bits per heavy atom. The topological polar surface area (TPSA) is 98.6 Å². The number of esters is 1. The summed E-state index contributed by atoms with van der Waals surface area (Å²) in [6, 6.07) is 8.26. The molecule has 2 heterocycles. The predicted molar refractivity (Wildman–Crippen MR) is 103 cm³/mol. The van der Waals surface area contributed by atoms with Crippen LogP contribution in [-0.2, 0) is 19.4 Å². The van der Waals surface area contributed by atoms with Gasteiger partial charge in [-0.3, -0.25) is 4.79 Å². The highest BCUT2D eigenvalue weighted by Gasteiger charge is 2.34. The molecule has 28 heavy (non-hydrogen) atoms. The van der Waals surface area contributed by atoms with Gasteiger partial charge in [0, 0.05) is 24.5 Å². The van der Waals surface area contributed by atoms with Crippen LogP contribution in [0.2, 0.25) is 0 Å². The van der Waals surface area contributed by atoms with Gasteiger partial charge in [0.15, 0.2) is 16.4 Å². The highest BCUT2D eigenvalue weighted by molar-refractivity contribution is 7.91. The summed E-state index contributed by atoms with van der Waals surface area (Å²) in [7, 11) is -3.09. The Kier molecular flexibility index (Phi) is 5.83. The van der Waals surface area contributed by atoms with E-state index in [1.54, 1.807) is 42.1 Å². The van der Waals surface area contributed by atoms with Crippen LogP contribution in [0.5, 0.6) is 0 Å². The maximum atomic E-state index is 12.4. The minimum atomic E-state index is -3.09. The number of amides is 1. The molecule has 0 unspecified atom stereocenters. The van der Waals surface area contributed by atoms with Gasteiger partial charge < -0.3 is 9.64 Å². The molecule has 1 fully saturated rings. The van der Waals surface area contributed by atoms with Gasteiger partial charge >= 0.3 is 5.97 Å². The van der Waals surface area contributed by atoms with Crippen LogP contribution in [0, 0.1) is 6.92 Å².